The van der Waals surface area contributed by atoms with Gasteiger partial charge in [-0.15, -0.1) is 0 Å². The van der Waals surface area contributed by atoms with Gasteiger partial charge in [-0.05, 0) is 0 Å². The zero-order valence-electron chi connectivity index (χ0n) is 23.0. The number of alkyl halides is 15. The van der Waals surface area contributed by atoms with Crippen LogP contribution in [0.4, 0.5) is 79.9 Å². The smallest absolute Gasteiger partial charge is 0.169 e. The van der Waals surface area contributed by atoms with Crippen LogP contribution in [0.1, 0.15) is 44.9 Å². The quantitative estimate of drug-likeness (QED) is 0.0834. The third kappa shape index (κ3) is 6.56. The van der Waals surface area contributed by atoms with Crippen molar-refractivity contribution < 1.29 is 83.8 Å². The predicted octanol–water partition coefficient (Wildman–Crippen LogP) is 10.7. The van der Waals surface area contributed by atoms with Crippen LogP contribution in [0.2, 0.25) is 0 Å². The van der Waals surface area contributed by atoms with Gasteiger partial charge in [-0.3, -0.25) is 0 Å². The summed E-state index contributed by atoms with van der Waals surface area (Å²) in [5.74, 6) is 0. The fourth-order valence-corrected chi connectivity index (χ4v) is 7.37. The molecule has 0 aromatic carbocycles. The first-order chi connectivity index (χ1) is 19.5. The van der Waals surface area contributed by atoms with Gasteiger partial charge in [0.25, 0.3) is 0 Å². The van der Waals surface area contributed by atoms with Gasteiger partial charge in [-0.2, -0.15) is 0 Å². The van der Waals surface area contributed by atoms with Crippen molar-refractivity contribution in [2.45, 2.75) is 80.5 Å². The maximum Gasteiger partial charge on any atom is 0.169 e. The second kappa shape index (κ2) is 13.3. The van der Waals surface area contributed by atoms with E-state index in [4.69, 9.17) is 0 Å². The second-order valence-electron chi connectivity index (χ2n) is 9.62. The van der Waals surface area contributed by atoms with Gasteiger partial charge < -0.3 is 4.90 Å². The minimum atomic E-state index is -14.2. The van der Waals surface area contributed by atoms with Crippen LogP contribution in [0.15, 0.2) is 37.2 Å². The Morgan fingerprint density at radius 1 is 0.659 bits per heavy atom. The molecule has 21 heteroatoms. The molecule has 0 saturated heterocycles. The molecule has 1 aromatic heterocycles. The summed E-state index contributed by atoms with van der Waals surface area (Å²) in [5, 5.41) is 0. The molecule has 0 fully saturated rings. The molecular formula is C23H30F17N2OP. The summed E-state index contributed by atoms with van der Waals surface area (Å²) in [5.41, 5.74) is -26.7. The van der Waals surface area contributed by atoms with Crippen molar-refractivity contribution in [3.63, 3.8) is 0 Å². The number of hydrogen-bond acceptors (Lipinski definition) is 2. The van der Waals surface area contributed by atoms with Crippen LogP contribution in [-0.2, 0) is 4.52 Å². The molecule has 0 amide bonds. The van der Waals surface area contributed by atoms with Crippen molar-refractivity contribution in [2.24, 2.45) is 0 Å². The number of allylic oxidation sites excluding steroid dienone is 1. The summed E-state index contributed by atoms with van der Waals surface area (Å²) in [6.07, 6.45) is -20.9. The SMILES string of the molecule is C=CCCCCCCCCO[P-](F)(F)(C(F)(F)C(F)(F)F)(C(F)(F)C(F)(F)F)C(F)(F)C(F)(F)F.CN(C)c1cc[nH+]cc1. The Balaban J connectivity index is 0.00000174. The molecule has 0 radical (unpaired) electrons. The second-order valence-corrected chi connectivity index (χ2v) is 14.2. The number of anilines is 1. The van der Waals surface area contributed by atoms with Gasteiger partial charge in [0.05, 0.1) is 0 Å². The molecular weight excluding hydrogens is 674 g/mol. The zero-order valence-corrected chi connectivity index (χ0v) is 23.9. The van der Waals surface area contributed by atoms with Crippen LogP contribution in [0.3, 0.4) is 0 Å². The number of rotatable bonds is 14. The van der Waals surface area contributed by atoms with Gasteiger partial charge in [0, 0.05) is 31.9 Å². The Morgan fingerprint density at radius 3 is 1.30 bits per heavy atom. The minimum Gasteiger partial charge on any atom is -0.377 e. The number of nitrogens with zero attached hydrogens (tertiary/aromatic N) is 1. The molecule has 0 bridgehead atoms. The summed E-state index contributed by atoms with van der Waals surface area (Å²) in [7, 11) is 4.05. The van der Waals surface area contributed by atoms with E-state index < -0.39 is 61.8 Å². The molecule has 0 spiro atoms. The average molecular weight is 704 g/mol. The number of H-pyrrole nitrogens is 1. The number of unbranched alkanes of at least 4 members (excludes halogenated alkanes) is 6. The zero-order chi connectivity index (χ0) is 35.2. The number of pyridine rings is 1. The van der Waals surface area contributed by atoms with Crippen molar-refractivity contribution in [1.29, 1.82) is 0 Å². The average Bonchev–Trinajstić information content (AvgIpc) is 2.86. The van der Waals surface area contributed by atoms with Crippen LogP contribution in [0, 0.1) is 0 Å². The summed E-state index contributed by atoms with van der Waals surface area (Å²) < 4.78 is 231. The summed E-state index contributed by atoms with van der Waals surface area (Å²) in [4.78, 5) is 5.02. The predicted molar refractivity (Wildman–Crippen MR) is 128 cm³/mol. The first-order valence-corrected chi connectivity index (χ1v) is 14.7. The molecule has 1 heterocycles. The van der Waals surface area contributed by atoms with E-state index >= 15 is 8.39 Å². The molecule has 0 aliphatic rings. The van der Waals surface area contributed by atoms with E-state index in [0.29, 0.717) is 19.3 Å². The van der Waals surface area contributed by atoms with Crippen molar-refractivity contribution in [3.8, 4) is 0 Å². The van der Waals surface area contributed by atoms with E-state index in [1.54, 1.807) is 0 Å². The number of halogens is 17. The molecule has 1 N–H and O–H groups in total. The molecule has 1 rings (SSSR count). The van der Waals surface area contributed by atoms with E-state index in [1.165, 1.54) is 11.8 Å². The monoisotopic (exact) mass is 704 g/mol. The third-order valence-corrected chi connectivity index (χ3v) is 11.4. The van der Waals surface area contributed by atoms with Gasteiger partial charge >= 0.3 is 185 Å². The van der Waals surface area contributed by atoms with Crippen molar-refractivity contribution in [2.75, 3.05) is 25.6 Å². The Morgan fingerprint density at radius 2 is 1.00 bits per heavy atom. The Bertz CT molecular complexity index is 993. The summed E-state index contributed by atoms with van der Waals surface area (Å²) >= 11 is 0. The first kappa shape index (κ1) is 41.9. The fraction of sp³-hybridized carbons (Fsp3) is 0.696. The number of aromatic amines is 1. The van der Waals surface area contributed by atoms with E-state index in [0.717, 1.165) is 0 Å². The standard InChI is InChI=1S/C16H19F17OP.C7H10N2/c1-2-3-4-5-6-7-8-9-10-34-35(32,33,14(26,27)11(17,18)19,15(28,29)12(20,21)22)16(30,31)13(23,24)25;1-9(2)7-3-5-8-6-4-7/h2H,1,3-10H2;3-6H,1-2H3/q-1;/p+1. The molecule has 0 aliphatic heterocycles. The van der Waals surface area contributed by atoms with Crippen LogP contribution in [0.25, 0.3) is 0 Å². The van der Waals surface area contributed by atoms with E-state index in [2.05, 4.69) is 21.0 Å². The van der Waals surface area contributed by atoms with Crippen molar-refractivity contribution in [3.05, 3.63) is 37.2 Å². The van der Waals surface area contributed by atoms with Crippen molar-refractivity contribution in [1.82, 2.24) is 0 Å². The normalized spacial score (nSPS) is 15.5. The van der Waals surface area contributed by atoms with E-state index in [1.807, 2.05) is 38.6 Å². The van der Waals surface area contributed by atoms with E-state index in [9.17, 15) is 65.9 Å². The fourth-order valence-electron chi connectivity index (χ4n) is 3.64. The van der Waals surface area contributed by atoms with Crippen LogP contribution < -0.4 is 9.88 Å². The Kier molecular flexibility index (Phi) is 12.7. The van der Waals surface area contributed by atoms with Crippen molar-refractivity contribution >= 4 is 12.5 Å². The number of aromatic nitrogens is 1. The number of hydrogen-bond donors (Lipinski definition) is 0. The largest absolute Gasteiger partial charge is 0.377 e. The maximum absolute atomic E-state index is 15.2. The summed E-state index contributed by atoms with van der Waals surface area (Å²) in [6, 6.07) is 4.06. The molecule has 44 heavy (non-hydrogen) atoms. The van der Waals surface area contributed by atoms with E-state index in [-0.39, 0.29) is 12.8 Å². The molecule has 0 atom stereocenters. The van der Waals surface area contributed by atoms with Crippen LogP contribution in [-0.4, -0.2) is 56.2 Å². The van der Waals surface area contributed by atoms with Gasteiger partial charge in [-0.1, -0.05) is 0 Å². The first-order valence-electron chi connectivity index (χ1n) is 12.3. The molecule has 262 valence electrons. The summed E-state index contributed by atoms with van der Waals surface area (Å²) in [6.45, 7) is -13.7. The Labute approximate surface area is 240 Å². The Hall–Kier alpha value is -2.11. The maximum atomic E-state index is 15.2. The molecule has 0 unspecified atom stereocenters. The molecule has 1 aromatic rings. The number of nitrogens with one attached hydrogen (secondary N) is 1. The molecule has 0 saturated carbocycles. The van der Waals surface area contributed by atoms with Gasteiger partial charge in [0.1, 0.15) is 0 Å². The molecule has 3 nitrogen and oxygen atoms in total. The van der Waals surface area contributed by atoms with Gasteiger partial charge in [-0.25, -0.2) is 4.98 Å². The minimum absolute atomic E-state index is 0.154. The third-order valence-electron chi connectivity index (χ3n) is 6.25. The van der Waals surface area contributed by atoms with Crippen LogP contribution >= 0.6 is 6.79 Å². The van der Waals surface area contributed by atoms with Gasteiger partial charge in [0.2, 0.25) is 0 Å². The van der Waals surface area contributed by atoms with Crippen LogP contribution in [0.5, 0.6) is 0 Å². The molecule has 0 aliphatic carbocycles. The van der Waals surface area contributed by atoms with Gasteiger partial charge in [0.15, 0.2) is 12.4 Å². The topological polar surface area (TPSA) is 26.6 Å².